The monoisotopic (exact) mass is 224 g/mol. The van der Waals surface area contributed by atoms with Crippen LogP contribution in [-0.4, -0.2) is 4.98 Å². The maximum Gasteiger partial charge on any atom is 0.147 e. The normalized spacial score (nSPS) is 10.3. The number of halogens is 2. The molecule has 2 rings (SSSR count). The minimum atomic E-state index is -0.335. The quantitative estimate of drug-likeness (QED) is 0.822. The maximum absolute atomic E-state index is 13.3. The van der Waals surface area contributed by atoms with Gasteiger partial charge in [-0.05, 0) is 29.8 Å². The zero-order chi connectivity index (χ0) is 10.7. The Bertz CT molecular complexity index is 440. The van der Waals surface area contributed by atoms with Crippen LogP contribution in [-0.2, 0) is 6.54 Å². The molecule has 0 bridgehead atoms. The zero-order valence-corrected chi connectivity index (χ0v) is 8.68. The zero-order valence-electron chi connectivity index (χ0n) is 7.93. The van der Waals surface area contributed by atoms with Gasteiger partial charge in [-0.15, -0.1) is 0 Å². The lowest BCUT2D eigenvalue weighted by molar-refractivity contribution is 0.630. The third kappa shape index (κ3) is 2.50. The Morgan fingerprint density at radius 3 is 2.87 bits per heavy atom. The molecule has 0 aliphatic rings. The molecule has 0 radical (unpaired) electrons. The van der Waals surface area contributed by atoms with Crippen molar-refractivity contribution in [2.45, 2.75) is 6.54 Å². The van der Waals surface area contributed by atoms with Gasteiger partial charge >= 0.3 is 0 Å². The minimum absolute atomic E-state index is 0.335. The standard InChI is InChI=1S/C11H10ClFN2/c12-9-1-2-11(10(13)5-9)15-7-8-3-4-14-6-8/h1-6,14-15H,7H2. The first-order chi connectivity index (χ1) is 7.25. The second kappa shape index (κ2) is 4.36. The van der Waals surface area contributed by atoms with Crippen molar-refractivity contribution in [1.82, 2.24) is 4.98 Å². The summed E-state index contributed by atoms with van der Waals surface area (Å²) in [5.74, 6) is -0.335. The van der Waals surface area contributed by atoms with E-state index in [1.54, 1.807) is 12.1 Å². The molecule has 0 saturated heterocycles. The molecule has 0 saturated carbocycles. The molecule has 4 heteroatoms. The van der Waals surface area contributed by atoms with E-state index >= 15 is 0 Å². The van der Waals surface area contributed by atoms with E-state index in [9.17, 15) is 4.39 Å². The first-order valence-electron chi connectivity index (χ1n) is 4.56. The van der Waals surface area contributed by atoms with Crippen LogP contribution in [0.2, 0.25) is 5.02 Å². The summed E-state index contributed by atoms with van der Waals surface area (Å²) in [5.41, 5.74) is 1.53. The first kappa shape index (κ1) is 10.1. The van der Waals surface area contributed by atoms with Crippen LogP contribution in [0.3, 0.4) is 0 Å². The van der Waals surface area contributed by atoms with Crippen molar-refractivity contribution in [3.05, 3.63) is 53.1 Å². The van der Waals surface area contributed by atoms with Gasteiger partial charge in [0.05, 0.1) is 5.69 Å². The van der Waals surface area contributed by atoms with Crippen LogP contribution < -0.4 is 5.32 Å². The molecule has 0 fully saturated rings. The molecule has 1 aromatic carbocycles. The predicted octanol–water partition coefficient (Wildman–Crippen LogP) is 3.42. The van der Waals surface area contributed by atoms with Gasteiger partial charge in [-0.2, -0.15) is 0 Å². The van der Waals surface area contributed by atoms with Gasteiger partial charge in [0.15, 0.2) is 0 Å². The maximum atomic E-state index is 13.3. The van der Waals surface area contributed by atoms with Gasteiger partial charge in [0.1, 0.15) is 5.82 Å². The number of anilines is 1. The SMILES string of the molecule is Fc1cc(Cl)ccc1NCc1cc[nH]c1. The lowest BCUT2D eigenvalue weighted by atomic mass is 10.3. The van der Waals surface area contributed by atoms with Crippen LogP contribution in [0.5, 0.6) is 0 Å². The second-order valence-corrected chi connectivity index (χ2v) is 3.63. The largest absolute Gasteiger partial charge is 0.379 e. The van der Waals surface area contributed by atoms with E-state index < -0.39 is 0 Å². The number of nitrogens with one attached hydrogen (secondary N) is 2. The van der Waals surface area contributed by atoms with Gasteiger partial charge in [0.25, 0.3) is 0 Å². The minimum Gasteiger partial charge on any atom is -0.379 e. The third-order valence-corrected chi connectivity index (χ3v) is 2.31. The number of H-pyrrole nitrogens is 1. The highest BCUT2D eigenvalue weighted by molar-refractivity contribution is 6.30. The second-order valence-electron chi connectivity index (χ2n) is 3.20. The molecule has 15 heavy (non-hydrogen) atoms. The Balaban J connectivity index is 2.05. The topological polar surface area (TPSA) is 27.8 Å². The third-order valence-electron chi connectivity index (χ3n) is 2.08. The summed E-state index contributed by atoms with van der Waals surface area (Å²) in [6.45, 7) is 0.585. The summed E-state index contributed by atoms with van der Waals surface area (Å²) in [6, 6.07) is 6.51. The highest BCUT2D eigenvalue weighted by Gasteiger charge is 2.02. The van der Waals surface area contributed by atoms with Crippen molar-refractivity contribution >= 4 is 17.3 Å². The molecule has 0 atom stereocenters. The molecule has 78 valence electrons. The van der Waals surface area contributed by atoms with Crippen molar-refractivity contribution in [2.24, 2.45) is 0 Å². The van der Waals surface area contributed by atoms with E-state index in [0.29, 0.717) is 17.3 Å². The fourth-order valence-electron chi connectivity index (χ4n) is 1.30. The number of hydrogen-bond acceptors (Lipinski definition) is 1. The van der Waals surface area contributed by atoms with Gasteiger partial charge < -0.3 is 10.3 Å². The Hall–Kier alpha value is -1.48. The average molecular weight is 225 g/mol. The van der Waals surface area contributed by atoms with Gasteiger partial charge in [-0.25, -0.2) is 4.39 Å². The van der Waals surface area contributed by atoms with Crippen LogP contribution in [0, 0.1) is 5.82 Å². The van der Waals surface area contributed by atoms with Gasteiger partial charge in [0.2, 0.25) is 0 Å². The highest BCUT2D eigenvalue weighted by Crippen LogP contribution is 2.19. The van der Waals surface area contributed by atoms with Gasteiger partial charge in [0, 0.05) is 24.0 Å². The number of hydrogen-bond donors (Lipinski definition) is 2. The lowest BCUT2D eigenvalue weighted by Crippen LogP contribution is -2.00. The van der Waals surface area contributed by atoms with E-state index in [2.05, 4.69) is 10.3 Å². The van der Waals surface area contributed by atoms with E-state index in [4.69, 9.17) is 11.6 Å². The predicted molar refractivity (Wildman–Crippen MR) is 59.5 cm³/mol. The number of rotatable bonds is 3. The van der Waals surface area contributed by atoms with Crippen molar-refractivity contribution in [2.75, 3.05) is 5.32 Å². The molecular formula is C11H10ClFN2. The van der Waals surface area contributed by atoms with Gasteiger partial charge in [-0.3, -0.25) is 0 Å². The first-order valence-corrected chi connectivity index (χ1v) is 4.94. The molecule has 0 spiro atoms. The molecule has 0 aliphatic carbocycles. The van der Waals surface area contributed by atoms with Crippen molar-refractivity contribution < 1.29 is 4.39 Å². The van der Waals surface area contributed by atoms with Crippen LogP contribution in [0.4, 0.5) is 10.1 Å². The van der Waals surface area contributed by atoms with E-state index in [1.165, 1.54) is 6.07 Å². The van der Waals surface area contributed by atoms with Crippen LogP contribution in [0.15, 0.2) is 36.7 Å². The summed E-state index contributed by atoms with van der Waals surface area (Å²) < 4.78 is 13.3. The summed E-state index contributed by atoms with van der Waals surface area (Å²) >= 11 is 5.64. The van der Waals surface area contributed by atoms with Gasteiger partial charge in [-0.1, -0.05) is 11.6 Å². The summed E-state index contributed by atoms with van der Waals surface area (Å²) in [6.07, 6.45) is 3.69. The molecule has 1 heterocycles. The Morgan fingerprint density at radius 2 is 2.20 bits per heavy atom. The molecular weight excluding hydrogens is 215 g/mol. The van der Waals surface area contributed by atoms with Crippen molar-refractivity contribution in [1.29, 1.82) is 0 Å². The molecule has 0 unspecified atom stereocenters. The smallest absolute Gasteiger partial charge is 0.147 e. The highest BCUT2D eigenvalue weighted by atomic mass is 35.5. The van der Waals surface area contributed by atoms with E-state index in [0.717, 1.165) is 5.56 Å². The molecule has 0 amide bonds. The summed E-state index contributed by atoms with van der Waals surface area (Å²) in [7, 11) is 0. The lowest BCUT2D eigenvalue weighted by Gasteiger charge is -2.06. The summed E-state index contributed by atoms with van der Waals surface area (Å²) in [5, 5.41) is 3.39. The van der Waals surface area contributed by atoms with Crippen molar-refractivity contribution in [3.63, 3.8) is 0 Å². The Labute approximate surface area is 92.1 Å². The molecule has 2 nitrogen and oxygen atoms in total. The average Bonchev–Trinajstić information content (AvgIpc) is 2.69. The fraction of sp³-hybridized carbons (Fsp3) is 0.0909. The van der Waals surface area contributed by atoms with Crippen LogP contribution in [0.25, 0.3) is 0 Å². The number of benzene rings is 1. The van der Waals surface area contributed by atoms with E-state index in [-0.39, 0.29) is 5.82 Å². The van der Waals surface area contributed by atoms with Crippen molar-refractivity contribution in [3.8, 4) is 0 Å². The Kier molecular flexibility index (Phi) is 2.92. The molecule has 2 N–H and O–H groups in total. The summed E-state index contributed by atoms with van der Waals surface area (Å²) in [4.78, 5) is 2.93. The number of aromatic amines is 1. The fourth-order valence-corrected chi connectivity index (χ4v) is 1.46. The van der Waals surface area contributed by atoms with E-state index in [1.807, 2.05) is 18.5 Å². The Morgan fingerprint density at radius 1 is 1.33 bits per heavy atom. The molecule has 1 aromatic heterocycles. The van der Waals surface area contributed by atoms with Crippen LogP contribution in [0.1, 0.15) is 5.56 Å². The van der Waals surface area contributed by atoms with Crippen LogP contribution >= 0.6 is 11.6 Å². The molecule has 2 aromatic rings. The number of aromatic nitrogens is 1. The molecule has 0 aliphatic heterocycles.